The first kappa shape index (κ1) is 22.1. The molecule has 3 aliphatic rings. The molecule has 6 rings (SSSR count). The Morgan fingerprint density at radius 3 is 2.54 bits per heavy atom. The molecule has 2 saturated heterocycles. The highest BCUT2D eigenvalue weighted by Crippen LogP contribution is 2.40. The molecule has 9 nitrogen and oxygen atoms in total. The molecule has 1 aromatic carbocycles. The Morgan fingerprint density at radius 2 is 1.74 bits per heavy atom. The number of pyridine rings is 1. The van der Waals surface area contributed by atoms with Crippen LogP contribution < -0.4 is 14.7 Å². The maximum absolute atomic E-state index is 10.1. The normalized spacial score (nSPS) is 18.7. The van der Waals surface area contributed by atoms with Gasteiger partial charge in [-0.05, 0) is 37.5 Å². The van der Waals surface area contributed by atoms with Gasteiger partial charge in [0.05, 0.1) is 25.0 Å². The highest BCUT2D eigenvalue weighted by molar-refractivity contribution is 5.78. The second-order valence-electron chi connectivity index (χ2n) is 9.32. The summed E-state index contributed by atoms with van der Waals surface area (Å²) in [6, 6.07) is 11.4. The third-order valence-corrected chi connectivity index (χ3v) is 7.06. The van der Waals surface area contributed by atoms with Crippen LogP contribution in [0.1, 0.15) is 18.4 Å². The summed E-state index contributed by atoms with van der Waals surface area (Å²) in [5.41, 5.74) is 3.90. The fraction of sp³-hybridized carbons (Fsp3) is 0.423. The molecule has 0 amide bonds. The standard InChI is InChI=1S/C26H30N6O3/c33-20-5-9-30(10-6-20)23-17-19(4-8-27-23)32-11-7-22-24(18-2-1-3-21(34)16-18)28-26(29-25(22)32)31-12-14-35-15-13-31/h1-4,8,16-17,20,33-34H,5-7,9-15H2. The van der Waals surface area contributed by atoms with E-state index < -0.39 is 0 Å². The van der Waals surface area contributed by atoms with Crippen molar-refractivity contribution in [2.24, 2.45) is 0 Å². The lowest BCUT2D eigenvalue weighted by Crippen LogP contribution is -2.37. The lowest BCUT2D eigenvalue weighted by Gasteiger charge is -2.31. The van der Waals surface area contributed by atoms with Crippen LogP contribution in [-0.4, -0.2) is 77.2 Å². The third-order valence-electron chi connectivity index (χ3n) is 7.06. The number of phenolic OH excluding ortho intramolecular Hbond substituents is 1. The predicted octanol–water partition coefficient (Wildman–Crippen LogP) is 2.74. The van der Waals surface area contributed by atoms with Crippen molar-refractivity contribution in [1.29, 1.82) is 0 Å². The number of aromatic hydroxyl groups is 1. The molecular formula is C26H30N6O3. The molecule has 0 atom stereocenters. The van der Waals surface area contributed by atoms with Gasteiger partial charge in [0.25, 0.3) is 0 Å². The van der Waals surface area contributed by atoms with Gasteiger partial charge in [0.15, 0.2) is 0 Å². The van der Waals surface area contributed by atoms with Gasteiger partial charge in [-0.25, -0.2) is 9.97 Å². The molecule has 3 aromatic rings. The SMILES string of the molecule is Oc1cccc(-c2nc(N3CCOCC3)nc3c2CCN3c2ccnc(N3CCC(O)CC3)c2)c1. The van der Waals surface area contributed by atoms with Gasteiger partial charge in [-0.15, -0.1) is 0 Å². The zero-order valence-electron chi connectivity index (χ0n) is 19.7. The number of benzene rings is 1. The molecule has 0 bridgehead atoms. The van der Waals surface area contributed by atoms with Crippen LogP contribution in [0.5, 0.6) is 5.75 Å². The van der Waals surface area contributed by atoms with Crippen LogP contribution in [0.2, 0.25) is 0 Å². The molecule has 2 N–H and O–H groups in total. The summed E-state index contributed by atoms with van der Waals surface area (Å²) in [6.07, 6.45) is 3.99. The lowest BCUT2D eigenvalue weighted by molar-refractivity contribution is 0.122. The van der Waals surface area contributed by atoms with E-state index in [0.29, 0.717) is 19.2 Å². The minimum Gasteiger partial charge on any atom is -0.508 e. The van der Waals surface area contributed by atoms with E-state index in [1.54, 1.807) is 12.1 Å². The van der Waals surface area contributed by atoms with Crippen molar-refractivity contribution in [2.45, 2.75) is 25.4 Å². The Hall–Kier alpha value is -3.43. The Labute approximate surface area is 204 Å². The summed E-state index contributed by atoms with van der Waals surface area (Å²) in [5.74, 6) is 2.75. The van der Waals surface area contributed by atoms with E-state index in [4.69, 9.17) is 14.7 Å². The maximum atomic E-state index is 10.1. The van der Waals surface area contributed by atoms with Gasteiger partial charge in [-0.3, -0.25) is 0 Å². The summed E-state index contributed by atoms with van der Waals surface area (Å²) >= 11 is 0. The molecule has 0 saturated carbocycles. The highest BCUT2D eigenvalue weighted by atomic mass is 16.5. The first-order valence-electron chi connectivity index (χ1n) is 12.4. The number of piperidine rings is 1. The maximum Gasteiger partial charge on any atom is 0.228 e. The topological polar surface area (TPSA) is 98.1 Å². The van der Waals surface area contributed by atoms with E-state index in [2.05, 4.69) is 25.8 Å². The molecule has 0 aliphatic carbocycles. The van der Waals surface area contributed by atoms with E-state index in [0.717, 1.165) is 86.1 Å². The fourth-order valence-electron chi connectivity index (χ4n) is 5.14. The number of hydrogen-bond acceptors (Lipinski definition) is 9. The molecule has 9 heteroatoms. The Balaban J connectivity index is 1.40. The van der Waals surface area contributed by atoms with Gasteiger partial charge in [0, 0.05) is 61.8 Å². The summed E-state index contributed by atoms with van der Waals surface area (Å²) in [5, 5.41) is 20.0. The van der Waals surface area contributed by atoms with Crippen molar-refractivity contribution in [3.8, 4) is 17.0 Å². The highest BCUT2D eigenvalue weighted by Gasteiger charge is 2.30. The monoisotopic (exact) mass is 474 g/mol. The molecule has 35 heavy (non-hydrogen) atoms. The lowest BCUT2D eigenvalue weighted by atomic mass is 10.1. The first-order valence-corrected chi connectivity index (χ1v) is 12.4. The molecule has 0 radical (unpaired) electrons. The molecular weight excluding hydrogens is 444 g/mol. The zero-order chi connectivity index (χ0) is 23.8. The molecule has 0 spiro atoms. The second kappa shape index (κ2) is 9.31. The number of ether oxygens (including phenoxy) is 1. The molecule has 0 unspecified atom stereocenters. The molecule has 5 heterocycles. The largest absolute Gasteiger partial charge is 0.508 e. The summed E-state index contributed by atoms with van der Waals surface area (Å²) in [6.45, 7) is 5.22. The van der Waals surface area contributed by atoms with Crippen molar-refractivity contribution >= 4 is 23.3 Å². The van der Waals surface area contributed by atoms with Crippen LogP contribution in [0.15, 0.2) is 42.6 Å². The van der Waals surface area contributed by atoms with Crippen molar-refractivity contribution in [3.63, 3.8) is 0 Å². The van der Waals surface area contributed by atoms with Crippen LogP contribution in [0, 0.1) is 0 Å². The number of morpholine rings is 1. The summed E-state index contributed by atoms with van der Waals surface area (Å²) in [7, 11) is 0. The molecule has 182 valence electrons. The molecule has 2 fully saturated rings. The van der Waals surface area contributed by atoms with Crippen molar-refractivity contribution in [3.05, 3.63) is 48.2 Å². The van der Waals surface area contributed by atoms with Crippen LogP contribution in [-0.2, 0) is 11.2 Å². The summed E-state index contributed by atoms with van der Waals surface area (Å²) < 4.78 is 5.54. The number of phenols is 1. The average Bonchev–Trinajstić information content (AvgIpc) is 3.33. The van der Waals surface area contributed by atoms with E-state index in [1.807, 2.05) is 24.4 Å². The van der Waals surface area contributed by atoms with Gasteiger partial charge in [0.1, 0.15) is 17.4 Å². The minimum absolute atomic E-state index is 0.217. The average molecular weight is 475 g/mol. The number of rotatable bonds is 4. The van der Waals surface area contributed by atoms with Gasteiger partial charge < -0.3 is 29.6 Å². The van der Waals surface area contributed by atoms with Crippen molar-refractivity contribution < 1.29 is 14.9 Å². The van der Waals surface area contributed by atoms with Crippen molar-refractivity contribution in [2.75, 3.05) is 60.6 Å². The number of aromatic nitrogens is 3. The fourth-order valence-corrected chi connectivity index (χ4v) is 5.14. The molecule has 2 aromatic heterocycles. The predicted molar refractivity (Wildman–Crippen MR) is 135 cm³/mol. The van der Waals surface area contributed by atoms with E-state index in [-0.39, 0.29) is 11.9 Å². The van der Waals surface area contributed by atoms with Gasteiger partial charge in [0.2, 0.25) is 5.95 Å². The number of hydrogen-bond donors (Lipinski definition) is 2. The number of aliphatic hydroxyl groups excluding tert-OH is 1. The minimum atomic E-state index is -0.217. The number of nitrogens with zero attached hydrogens (tertiary/aromatic N) is 6. The van der Waals surface area contributed by atoms with Gasteiger partial charge in [-0.2, -0.15) is 4.98 Å². The Morgan fingerprint density at radius 1 is 0.914 bits per heavy atom. The van der Waals surface area contributed by atoms with Crippen LogP contribution in [0.4, 0.5) is 23.3 Å². The number of aliphatic hydroxyl groups is 1. The van der Waals surface area contributed by atoms with Gasteiger partial charge >= 0.3 is 0 Å². The smallest absolute Gasteiger partial charge is 0.228 e. The van der Waals surface area contributed by atoms with E-state index in [1.165, 1.54) is 0 Å². The van der Waals surface area contributed by atoms with E-state index >= 15 is 0 Å². The quantitative estimate of drug-likeness (QED) is 0.591. The van der Waals surface area contributed by atoms with Gasteiger partial charge in [-0.1, -0.05) is 12.1 Å². The summed E-state index contributed by atoms with van der Waals surface area (Å²) in [4.78, 5) is 21.3. The van der Waals surface area contributed by atoms with E-state index in [9.17, 15) is 10.2 Å². The van der Waals surface area contributed by atoms with Crippen LogP contribution >= 0.6 is 0 Å². The first-order chi connectivity index (χ1) is 17.2. The third kappa shape index (κ3) is 4.37. The van der Waals surface area contributed by atoms with Crippen LogP contribution in [0.25, 0.3) is 11.3 Å². The number of fused-ring (bicyclic) bond motifs is 1. The Kier molecular flexibility index (Phi) is 5.87. The van der Waals surface area contributed by atoms with Crippen LogP contribution in [0.3, 0.4) is 0 Å². The molecule has 3 aliphatic heterocycles. The zero-order valence-corrected chi connectivity index (χ0v) is 19.7. The second-order valence-corrected chi connectivity index (χ2v) is 9.32. The van der Waals surface area contributed by atoms with Crippen molar-refractivity contribution in [1.82, 2.24) is 15.0 Å². The number of anilines is 4. The Bertz CT molecular complexity index is 1210.